The second-order valence-electron chi connectivity index (χ2n) is 6.07. The van der Waals surface area contributed by atoms with E-state index >= 15 is 0 Å². The third-order valence-electron chi connectivity index (χ3n) is 2.82. The van der Waals surface area contributed by atoms with Crippen molar-refractivity contribution in [2.45, 2.75) is 37.7 Å². The molecule has 1 N–H and O–H groups in total. The molecule has 1 aromatic heterocycles. The molecule has 8 nitrogen and oxygen atoms in total. The summed E-state index contributed by atoms with van der Waals surface area (Å²) in [4.78, 5) is 35.1. The lowest BCUT2D eigenvalue weighted by Gasteiger charge is -2.23. The minimum Gasteiger partial charge on any atom is -0.467 e. The fraction of sp³-hybridized carbons (Fsp3) is 0.600. The van der Waals surface area contributed by atoms with E-state index in [1.54, 1.807) is 26.8 Å². The molecule has 0 spiro atoms. The molecule has 0 aliphatic heterocycles. The monoisotopic (exact) mass is 390 g/mol. The molecule has 0 radical (unpaired) electrons. The maximum Gasteiger partial charge on any atom is 0.408 e. The Hall–Kier alpha value is -1.81. The number of carbonyl (C=O) groups is 2. The molecule has 0 saturated carbocycles. The number of alkyl carbamates (subject to hydrolysis) is 1. The van der Waals surface area contributed by atoms with Gasteiger partial charge in [0, 0.05) is 15.6 Å². The number of carbonyl (C=O) groups excluding carboxylic acids is 2. The summed E-state index contributed by atoms with van der Waals surface area (Å²) in [5.41, 5.74) is -0.705. The van der Waals surface area contributed by atoms with Crippen LogP contribution in [0.2, 0.25) is 0 Å². The number of hydrogen-bond acceptors (Lipinski definition) is 8. The Morgan fingerprint density at radius 2 is 2.12 bits per heavy atom. The predicted octanol–water partition coefficient (Wildman–Crippen LogP) is 2.87. The number of nitrogens with one attached hydrogen (secondary N) is 1. The van der Waals surface area contributed by atoms with Crippen molar-refractivity contribution in [1.29, 1.82) is 0 Å². The van der Waals surface area contributed by atoms with Crippen LogP contribution in [-0.4, -0.2) is 48.0 Å². The first-order valence-corrected chi connectivity index (χ1v) is 9.39. The number of nitrogens with zero attached hydrogens (tertiary/aromatic N) is 1. The van der Waals surface area contributed by atoms with E-state index in [1.807, 2.05) is 11.4 Å². The molecule has 25 heavy (non-hydrogen) atoms. The Kier molecular flexibility index (Phi) is 8.17. The van der Waals surface area contributed by atoms with Gasteiger partial charge in [0.25, 0.3) is 0 Å². The van der Waals surface area contributed by atoms with Gasteiger partial charge in [-0.3, -0.25) is 10.1 Å². The quantitative estimate of drug-likeness (QED) is 0.413. The van der Waals surface area contributed by atoms with Gasteiger partial charge in [-0.25, -0.2) is 9.59 Å². The summed E-state index contributed by atoms with van der Waals surface area (Å²) in [6.07, 6.45) is -0.745. The van der Waals surface area contributed by atoms with E-state index in [-0.39, 0.29) is 12.3 Å². The molecule has 0 aliphatic carbocycles. The summed E-state index contributed by atoms with van der Waals surface area (Å²) in [6, 6.07) is 2.66. The molecular formula is C15H22N2O6S2. The highest BCUT2D eigenvalue weighted by Gasteiger charge is 2.28. The first kappa shape index (κ1) is 21.2. The van der Waals surface area contributed by atoms with Crippen LogP contribution in [0, 0.1) is 10.1 Å². The second-order valence-corrected chi connectivity index (χ2v) is 8.29. The van der Waals surface area contributed by atoms with Crippen molar-refractivity contribution < 1.29 is 24.0 Å². The van der Waals surface area contributed by atoms with E-state index in [0.717, 1.165) is 4.88 Å². The van der Waals surface area contributed by atoms with E-state index in [9.17, 15) is 19.7 Å². The average Bonchev–Trinajstić information content (AvgIpc) is 3.01. The molecule has 2 atom stereocenters. The lowest BCUT2D eigenvalue weighted by molar-refractivity contribution is -0.479. The molecule has 1 aromatic rings. The van der Waals surface area contributed by atoms with Crippen LogP contribution in [0.1, 0.15) is 30.9 Å². The van der Waals surface area contributed by atoms with E-state index < -0.39 is 33.9 Å². The summed E-state index contributed by atoms with van der Waals surface area (Å²) in [7, 11) is 1.21. The average molecular weight is 390 g/mol. The van der Waals surface area contributed by atoms with E-state index in [0.29, 0.717) is 0 Å². The minimum absolute atomic E-state index is 0.127. The first-order valence-electron chi connectivity index (χ1n) is 7.46. The van der Waals surface area contributed by atoms with Crippen LogP contribution < -0.4 is 5.32 Å². The van der Waals surface area contributed by atoms with Crippen LogP contribution in [-0.2, 0) is 14.3 Å². The van der Waals surface area contributed by atoms with E-state index in [4.69, 9.17) is 9.47 Å². The van der Waals surface area contributed by atoms with Gasteiger partial charge in [0.05, 0.1) is 7.11 Å². The van der Waals surface area contributed by atoms with Gasteiger partial charge in [-0.15, -0.1) is 23.1 Å². The Morgan fingerprint density at radius 1 is 1.44 bits per heavy atom. The van der Waals surface area contributed by atoms with E-state index in [1.165, 1.54) is 30.2 Å². The van der Waals surface area contributed by atoms with Gasteiger partial charge in [-0.05, 0) is 32.2 Å². The van der Waals surface area contributed by atoms with Gasteiger partial charge in [-0.2, -0.15) is 0 Å². The molecular weight excluding hydrogens is 368 g/mol. The largest absolute Gasteiger partial charge is 0.467 e. The van der Waals surface area contributed by atoms with Gasteiger partial charge >= 0.3 is 12.1 Å². The molecule has 1 rings (SSSR count). The Morgan fingerprint density at radius 3 is 2.60 bits per heavy atom. The van der Waals surface area contributed by atoms with Crippen LogP contribution in [0.15, 0.2) is 17.5 Å². The molecule has 1 amide bonds. The molecule has 140 valence electrons. The number of hydrogen-bond donors (Lipinski definition) is 1. The Bertz CT molecular complexity index is 585. The van der Waals surface area contributed by atoms with Crippen LogP contribution in [0.25, 0.3) is 0 Å². The molecule has 0 fully saturated rings. The highest BCUT2D eigenvalue weighted by molar-refractivity contribution is 7.99. The van der Waals surface area contributed by atoms with Crippen molar-refractivity contribution in [3.05, 3.63) is 32.5 Å². The van der Waals surface area contributed by atoms with Crippen LogP contribution in [0.4, 0.5) is 4.79 Å². The van der Waals surface area contributed by atoms with Crippen molar-refractivity contribution in [3.63, 3.8) is 0 Å². The summed E-state index contributed by atoms with van der Waals surface area (Å²) < 4.78 is 9.83. The standard InChI is InChI=1S/C15H22N2O6S2/c1-15(2,3)23-14(19)16-10(13(18)22-4)9-25-12(8-17(20)21)11-6-5-7-24-11/h5-7,10,12H,8-9H2,1-4H3,(H,16,19)/t10-,12?/m0/s1. The van der Waals surface area contributed by atoms with Crippen LogP contribution >= 0.6 is 23.1 Å². The smallest absolute Gasteiger partial charge is 0.408 e. The van der Waals surface area contributed by atoms with Crippen LogP contribution in [0.5, 0.6) is 0 Å². The predicted molar refractivity (Wildman–Crippen MR) is 96.6 cm³/mol. The molecule has 1 unspecified atom stereocenters. The van der Waals surface area contributed by atoms with Crippen molar-refractivity contribution in [2.75, 3.05) is 19.4 Å². The third kappa shape index (κ3) is 8.21. The van der Waals surface area contributed by atoms with Crippen LogP contribution in [0.3, 0.4) is 0 Å². The normalized spacial score (nSPS) is 13.6. The van der Waals surface area contributed by atoms with Crippen molar-refractivity contribution >= 4 is 35.2 Å². The molecule has 1 heterocycles. The number of nitro groups is 1. The zero-order chi connectivity index (χ0) is 19.0. The lowest BCUT2D eigenvalue weighted by atomic mass is 10.2. The summed E-state index contributed by atoms with van der Waals surface area (Å²) in [6.45, 7) is 4.85. The van der Waals surface area contributed by atoms with Crippen molar-refractivity contribution in [2.24, 2.45) is 0 Å². The second kappa shape index (κ2) is 9.62. The van der Waals surface area contributed by atoms with E-state index in [2.05, 4.69) is 5.32 Å². The number of rotatable bonds is 8. The molecule has 0 bridgehead atoms. The lowest BCUT2D eigenvalue weighted by Crippen LogP contribution is -2.45. The maximum atomic E-state index is 11.9. The molecule has 0 aromatic carbocycles. The molecule has 0 saturated heterocycles. The van der Waals surface area contributed by atoms with Gasteiger partial charge < -0.3 is 14.8 Å². The zero-order valence-electron chi connectivity index (χ0n) is 14.5. The van der Waals surface area contributed by atoms with Gasteiger partial charge in [-0.1, -0.05) is 6.07 Å². The van der Waals surface area contributed by atoms with Gasteiger partial charge in [0.2, 0.25) is 6.54 Å². The highest BCUT2D eigenvalue weighted by Crippen LogP contribution is 2.32. The zero-order valence-corrected chi connectivity index (χ0v) is 16.1. The summed E-state index contributed by atoms with van der Waals surface area (Å²) >= 11 is 2.62. The third-order valence-corrected chi connectivity index (χ3v) is 5.28. The van der Waals surface area contributed by atoms with Crippen molar-refractivity contribution in [3.8, 4) is 0 Å². The van der Waals surface area contributed by atoms with Gasteiger partial charge in [0.1, 0.15) is 16.9 Å². The number of methoxy groups -OCH3 is 1. The fourth-order valence-corrected chi connectivity index (χ4v) is 3.99. The topological polar surface area (TPSA) is 108 Å². The SMILES string of the molecule is COC(=O)[C@H](CSC(C[N+](=O)[O-])c1cccs1)NC(=O)OC(C)(C)C. The number of thiophene rings is 1. The number of amides is 1. The molecule has 0 aliphatic rings. The number of ether oxygens (including phenoxy) is 2. The summed E-state index contributed by atoms with van der Waals surface area (Å²) in [5.74, 6) is -0.508. The number of thioether (sulfide) groups is 1. The van der Waals surface area contributed by atoms with Crippen molar-refractivity contribution in [1.82, 2.24) is 5.32 Å². The maximum absolute atomic E-state index is 11.9. The Labute approximate surface area is 154 Å². The fourth-order valence-electron chi connectivity index (χ4n) is 1.81. The summed E-state index contributed by atoms with van der Waals surface area (Å²) in [5, 5.41) is 14.8. The van der Waals surface area contributed by atoms with Gasteiger partial charge in [0.15, 0.2) is 0 Å². The molecule has 10 heteroatoms. The Balaban J connectivity index is 2.74. The minimum atomic E-state index is -0.959. The first-order chi connectivity index (χ1) is 11.6. The highest BCUT2D eigenvalue weighted by atomic mass is 32.2. The number of esters is 1.